The van der Waals surface area contributed by atoms with Crippen LogP contribution in [0.1, 0.15) is 26.2 Å². The molecule has 2 fully saturated rings. The number of nitrogens with one attached hydrogen (secondary N) is 1. The summed E-state index contributed by atoms with van der Waals surface area (Å²) in [7, 11) is 2.21. The first kappa shape index (κ1) is 12.2. The highest BCUT2D eigenvalue weighted by atomic mass is 35.5. The fourth-order valence-electron chi connectivity index (χ4n) is 2.60. The predicted molar refractivity (Wildman–Crippen MR) is 59.9 cm³/mol. The highest BCUT2D eigenvalue weighted by molar-refractivity contribution is 5.85. The molecule has 0 aliphatic carbocycles. The van der Waals surface area contributed by atoms with Gasteiger partial charge in [0.25, 0.3) is 0 Å². The molecule has 0 radical (unpaired) electrons. The Morgan fingerprint density at radius 2 is 2.21 bits per heavy atom. The zero-order chi connectivity index (χ0) is 9.31. The Labute approximate surface area is 92.6 Å². The van der Waals surface area contributed by atoms with E-state index in [-0.39, 0.29) is 18.1 Å². The predicted octanol–water partition coefficient (Wildman–Crippen LogP) is 1.23. The van der Waals surface area contributed by atoms with Crippen LogP contribution in [0.3, 0.4) is 0 Å². The van der Waals surface area contributed by atoms with Crippen molar-refractivity contribution in [2.45, 2.75) is 38.0 Å². The third-order valence-electron chi connectivity index (χ3n) is 3.39. The van der Waals surface area contributed by atoms with E-state index in [1.807, 2.05) is 0 Å². The summed E-state index contributed by atoms with van der Waals surface area (Å²) < 4.78 is 5.80. The first-order valence-electron chi connectivity index (χ1n) is 5.31. The Bertz CT molecular complexity index is 183. The van der Waals surface area contributed by atoms with Gasteiger partial charge in [-0.25, -0.2) is 0 Å². The van der Waals surface area contributed by atoms with Crippen molar-refractivity contribution >= 4 is 12.4 Å². The van der Waals surface area contributed by atoms with Gasteiger partial charge in [0.2, 0.25) is 0 Å². The minimum absolute atomic E-state index is 0. The SMILES string of the molecule is CN1CCCCC1C1(C)NCCO1.Cl. The maximum Gasteiger partial charge on any atom is 0.132 e. The zero-order valence-corrected chi connectivity index (χ0v) is 9.90. The van der Waals surface area contributed by atoms with E-state index in [4.69, 9.17) is 4.74 Å². The van der Waals surface area contributed by atoms with Crippen molar-refractivity contribution in [2.24, 2.45) is 0 Å². The van der Waals surface area contributed by atoms with E-state index in [0.29, 0.717) is 6.04 Å². The standard InChI is InChI=1S/C10H20N2O.ClH/c1-10(11-6-8-13-10)9-5-3-4-7-12(9)2;/h9,11H,3-8H2,1-2H3;1H. The largest absolute Gasteiger partial charge is 0.358 e. The van der Waals surface area contributed by atoms with Crippen LogP contribution in [-0.4, -0.2) is 43.4 Å². The summed E-state index contributed by atoms with van der Waals surface area (Å²) in [6.45, 7) is 5.26. The van der Waals surface area contributed by atoms with Gasteiger partial charge in [-0.15, -0.1) is 12.4 Å². The molecular formula is C10H21ClN2O. The van der Waals surface area contributed by atoms with Gasteiger partial charge in [0.05, 0.1) is 12.6 Å². The molecule has 2 rings (SSSR count). The monoisotopic (exact) mass is 220 g/mol. The van der Waals surface area contributed by atoms with Crippen LogP contribution < -0.4 is 5.32 Å². The van der Waals surface area contributed by atoms with Gasteiger partial charge in [0, 0.05) is 6.54 Å². The molecule has 0 bridgehead atoms. The minimum atomic E-state index is -0.0881. The van der Waals surface area contributed by atoms with Crippen molar-refractivity contribution in [2.75, 3.05) is 26.7 Å². The van der Waals surface area contributed by atoms with E-state index in [9.17, 15) is 0 Å². The average molecular weight is 221 g/mol. The lowest BCUT2D eigenvalue weighted by molar-refractivity contribution is -0.0709. The number of likely N-dealkylation sites (N-methyl/N-ethyl adjacent to an activating group) is 1. The summed E-state index contributed by atoms with van der Waals surface area (Å²) in [6, 6.07) is 0.559. The van der Waals surface area contributed by atoms with Crippen LogP contribution in [0.2, 0.25) is 0 Å². The molecule has 0 aromatic carbocycles. The molecule has 3 nitrogen and oxygen atoms in total. The van der Waals surface area contributed by atoms with Crippen molar-refractivity contribution in [3.8, 4) is 0 Å². The number of likely N-dealkylation sites (tertiary alicyclic amines) is 1. The molecule has 2 saturated heterocycles. The van der Waals surface area contributed by atoms with Gasteiger partial charge in [0.1, 0.15) is 5.72 Å². The summed E-state index contributed by atoms with van der Waals surface area (Å²) in [5.41, 5.74) is -0.0881. The summed E-state index contributed by atoms with van der Waals surface area (Å²) in [6.07, 6.45) is 3.94. The van der Waals surface area contributed by atoms with Crippen LogP contribution in [0.25, 0.3) is 0 Å². The smallest absolute Gasteiger partial charge is 0.132 e. The third-order valence-corrected chi connectivity index (χ3v) is 3.39. The molecule has 2 aliphatic rings. The maximum absolute atomic E-state index is 5.80. The Morgan fingerprint density at radius 1 is 1.43 bits per heavy atom. The molecule has 1 N–H and O–H groups in total. The van der Waals surface area contributed by atoms with E-state index >= 15 is 0 Å². The molecular weight excluding hydrogens is 200 g/mol. The molecule has 2 heterocycles. The van der Waals surface area contributed by atoms with Crippen LogP contribution >= 0.6 is 12.4 Å². The molecule has 2 atom stereocenters. The second-order valence-electron chi connectivity index (χ2n) is 4.37. The first-order chi connectivity index (χ1) is 6.22. The Balaban J connectivity index is 0.000000980. The lowest BCUT2D eigenvalue weighted by Crippen LogP contribution is -2.57. The maximum atomic E-state index is 5.80. The average Bonchev–Trinajstić information content (AvgIpc) is 2.54. The molecule has 4 heteroatoms. The number of ether oxygens (including phenoxy) is 1. The van der Waals surface area contributed by atoms with Crippen molar-refractivity contribution in [3.05, 3.63) is 0 Å². The molecule has 0 saturated carbocycles. The van der Waals surface area contributed by atoms with Gasteiger partial charge in [0.15, 0.2) is 0 Å². The van der Waals surface area contributed by atoms with Crippen LogP contribution in [-0.2, 0) is 4.74 Å². The van der Waals surface area contributed by atoms with Gasteiger partial charge in [-0.2, -0.15) is 0 Å². The molecule has 14 heavy (non-hydrogen) atoms. The highest BCUT2D eigenvalue weighted by Gasteiger charge is 2.40. The van der Waals surface area contributed by atoms with Crippen molar-refractivity contribution in [1.29, 1.82) is 0 Å². The normalized spacial score (nSPS) is 39.4. The summed E-state index contributed by atoms with van der Waals surface area (Å²) >= 11 is 0. The summed E-state index contributed by atoms with van der Waals surface area (Å²) in [4.78, 5) is 2.43. The minimum Gasteiger partial charge on any atom is -0.358 e. The second-order valence-corrected chi connectivity index (χ2v) is 4.37. The van der Waals surface area contributed by atoms with E-state index in [1.54, 1.807) is 0 Å². The van der Waals surface area contributed by atoms with Gasteiger partial charge in [-0.1, -0.05) is 6.42 Å². The van der Waals surface area contributed by atoms with Crippen molar-refractivity contribution < 1.29 is 4.74 Å². The van der Waals surface area contributed by atoms with Crippen LogP contribution in [0.4, 0.5) is 0 Å². The van der Waals surface area contributed by atoms with E-state index in [0.717, 1.165) is 13.2 Å². The van der Waals surface area contributed by atoms with Gasteiger partial charge < -0.3 is 4.74 Å². The van der Waals surface area contributed by atoms with Gasteiger partial charge >= 0.3 is 0 Å². The summed E-state index contributed by atoms with van der Waals surface area (Å²) in [5, 5.41) is 3.47. The van der Waals surface area contributed by atoms with Gasteiger partial charge in [-0.3, -0.25) is 10.2 Å². The molecule has 0 aromatic heterocycles. The quantitative estimate of drug-likeness (QED) is 0.720. The number of nitrogens with zero attached hydrogens (tertiary/aromatic N) is 1. The fourth-order valence-corrected chi connectivity index (χ4v) is 2.60. The van der Waals surface area contributed by atoms with Gasteiger partial charge in [-0.05, 0) is 33.4 Å². The molecule has 0 spiro atoms. The number of hydrogen-bond donors (Lipinski definition) is 1. The molecule has 0 amide bonds. The molecule has 84 valence electrons. The van der Waals surface area contributed by atoms with E-state index in [1.165, 1.54) is 25.8 Å². The van der Waals surface area contributed by atoms with Crippen LogP contribution in [0.5, 0.6) is 0 Å². The van der Waals surface area contributed by atoms with E-state index < -0.39 is 0 Å². The molecule has 0 aromatic rings. The topological polar surface area (TPSA) is 24.5 Å². The van der Waals surface area contributed by atoms with Crippen LogP contribution in [0, 0.1) is 0 Å². The first-order valence-corrected chi connectivity index (χ1v) is 5.31. The number of piperidine rings is 1. The number of rotatable bonds is 1. The fraction of sp³-hybridized carbons (Fsp3) is 1.00. The lowest BCUT2D eigenvalue weighted by Gasteiger charge is -2.42. The van der Waals surface area contributed by atoms with Crippen molar-refractivity contribution in [3.63, 3.8) is 0 Å². The third kappa shape index (κ3) is 2.22. The van der Waals surface area contributed by atoms with Crippen molar-refractivity contribution in [1.82, 2.24) is 10.2 Å². The highest BCUT2D eigenvalue weighted by Crippen LogP contribution is 2.27. The zero-order valence-electron chi connectivity index (χ0n) is 9.08. The molecule has 2 unspecified atom stereocenters. The van der Waals surface area contributed by atoms with E-state index in [2.05, 4.69) is 24.2 Å². The lowest BCUT2D eigenvalue weighted by atomic mass is 9.94. The molecule has 2 aliphatic heterocycles. The summed E-state index contributed by atoms with van der Waals surface area (Å²) in [5.74, 6) is 0. The Kier molecular flexibility index (Phi) is 4.19. The second kappa shape index (κ2) is 4.79. The van der Waals surface area contributed by atoms with Crippen LogP contribution in [0.15, 0.2) is 0 Å². The number of hydrogen-bond acceptors (Lipinski definition) is 3. The Hall–Kier alpha value is 0.170. The Morgan fingerprint density at radius 3 is 2.79 bits per heavy atom. The number of halogens is 1.